The molecule has 5 rings (SSSR count). The fraction of sp³-hybridized carbons (Fsp3) is 0.261. The molecule has 35 heavy (non-hydrogen) atoms. The fourth-order valence-corrected chi connectivity index (χ4v) is 4.23. The van der Waals surface area contributed by atoms with Gasteiger partial charge in [0.25, 0.3) is 5.91 Å². The van der Waals surface area contributed by atoms with Gasteiger partial charge >= 0.3 is 6.18 Å². The molecular formula is C23H21F3N8O. The Hall–Kier alpha value is -4.06. The van der Waals surface area contributed by atoms with E-state index in [2.05, 4.69) is 25.6 Å². The molecule has 0 unspecified atom stereocenters. The molecule has 0 radical (unpaired) electrons. The smallest absolute Gasteiger partial charge is 0.383 e. The summed E-state index contributed by atoms with van der Waals surface area (Å²) in [6.07, 6.45) is -1.22. The molecule has 1 atom stereocenters. The number of nitrogens with one attached hydrogen (secondary N) is 2. The SMILES string of the molecule is Cc1c(C(F)(F)F)ccnc1NC(=O)c1ccc(-c2nn([C@@H]3CCNC3)c3ncnc(N)c23)cc1. The Kier molecular flexibility index (Phi) is 5.59. The van der Waals surface area contributed by atoms with E-state index < -0.39 is 17.6 Å². The number of anilines is 2. The first kappa shape index (κ1) is 22.7. The third-order valence-corrected chi connectivity index (χ3v) is 6.06. The summed E-state index contributed by atoms with van der Waals surface area (Å²) in [6, 6.07) is 7.54. The number of fused-ring (bicyclic) bond motifs is 1. The molecule has 180 valence electrons. The number of carbonyl (C=O) groups is 1. The van der Waals surface area contributed by atoms with E-state index in [1.54, 1.807) is 24.3 Å². The molecule has 4 heterocycles. The largest absolute Gasteiger partial charge is 0.416 e. The predicted octanol–water partition coefficient (Wildman–Crippen LogP) is 3.58. The Morgan fingerprint density at radius 2 is 1.94 bits per heavy atom. The van der Waals surface area contributed by atoms with Gasteiger partial charge in [-0.15, -0.1) is 0 Å². The van der Waals surface area contributed by atoms with Crippen molar-refractivity contribution in [1.82, 2.24) is 30.0 Å². The first-order valence-electron chi connectivity index (χ1n) is 10.9. The van der Waals surface area contributed by atoms with Crippen LogP contribution in [-0.2, 0) is 6.18 Å². The van der Waals surface area contributed by atoms with Gasteiger partial charge in [-0.2, -0.15) is 18.3 Å². The maximum Gasteiger partial charge on any atom is 0.416 e. The molecule has 0 bridgehead atoms. The lowest BCUT2D eigenvalue weighted by Crippen LogP contribution is -2.16. The van der Waals surface area contributed by atoms with Crippen molar-refractivity contribution in [2.24, 2.45) is 0 Å². The molecule has 1 aliphatic rings. The van der Waals surface area contributed by atoms with Gasteiger partial charge < -0.3 is 16.4 Å². The van der Waals surface area contributed by atoms with Gasteiger partial charge in [0.05, 0.1) is 17.0 Å². The molecule has 4 N–H and O–H groups in total. The van der Waals surface area contributed by atoms with Crippen molar-refractivity contribution in [3.63, 3.8) is 0 Å². The number of alkyl halides is 3. The lowest BCUT2D eigenvalue weighted by atomic mass is 10.1. The Morgan fingerprint density at radius 1 is 1.17 bits per heavy atom. The van der Waals surface area contributed by atoms with E-state index in [4.69, 9.17) is 10.8 Å². The summed E-state index contributed by atoms with van der Waals surface area (Å²) in [6.45, 7) is 2.91. The van der Waals surface area contributed by atoms with Gasteiger partial charge in [0.15, 0.2) is 5.65 Å². The maximum absolute atomic E-state index is 13.2. The molecule has 1 aliphatic heterocycles. The first-order valence-corrected chi connectivity index (χ1v) is 10.9. The van der Waals surface area contributed by atoms with E-state index >= 15 is 0 Å². The minimum Gasteiger partial charge on any atom is -0.383 e. The number of carbonyl (C=O) groups excluding carboxylic acids is 1. The van der Waals surface area contributed by atoms with E-state index in [-0.39, 0.29) is 23.0 Å². The van der Waals surface area contributed by atoms with E-state index in [0.717, 1.165) is 31.8 Å². The topological polar surface area (TPSA) is 124 Å². The zero-order chi connectivity index (χ0) is 24.7. The Balaban J connectivity index is 1.45. The highest BCUT2D eigenvalue weighted by atomic mass is 19.4. The summed E-state index contributed by atoms with van der Waals surface area (Å²) in [4.78, 5) is 25.1. The fourth-order valence-electron chi connectivity index (χ4n) is 4.23. The normalized spacial score (nSPS) is 16.1. The van der Waals surface area contributed by atoms with Crippen LogP contribution >= 0.6 is 0 Å². The van der Waals surface area contributed by atoms with Crippen molar-refractivity contribution in [3.05, 3.63) is 59.5 Å². The van der Waals surface area contributed by atoms with E-state index in [1.165, 1.54) is 13.3 Å². The predicted molar refractivity (Wildman–Crippen MR) is 124 cm³/mol. The van der Waals surface area contributed by atoms with Gasteiger partial charge in [-0.05, 0) is 38.1 Å². The van der Waals surface area contributed by atoms with Gasteiger partial charge in [0.2, 0.25) is 0 Å². The maximum atomic E-state index is 13.2. The third-order valence-electron chi connectivity index (χ3n) is 6.06. The highest BCUT2D eigenvalue weighted by Crippen LogP contribution is 2.34. The number of hydrogen-bond donors (Lipinski definition) is 3. The van der Waals surface area contributed by atoms with Gasteiger partial charge in [-0.3, -0.25) is 4.79 Å². The van der Waals surface area contributed by atoms with Gasteiger partial charge in [0.1, 0.15) is 23.7 Å². The van der Waals surface area contributed by atoms with Crippen LogP contribution in [0, 0.1) is 6.92 Å². The molecule has 4 aromatic rings. The van der Waals surface area contributed by atoms with E-state index in [9.17, 15) is 18.0 Å². The Bertz CT molecular complexity index is 1410. The molecule has 9 nitrogen and oxygen atoms in total. The second-order valence-electron chi connectivity index (χ2n) is 8.26. The molecule has 1 fully saturated rings. The zero-order valence-electron chi connectivity index (χ0n) is 18.6. The molecule has 1 aromatic carbocycles. The van der Waals surface area contributed by atoms with Crippen LogP contribution in [0.2, 0.25) is 0 Å². The van der Waals surface area contributed by atoms with Gasteiger partial charge in [0, 0.05) is 29.4 Å². The van der Waals surface area contributed by atoms with E-state index in [0.29, 0.717) is 28.1 Å². The van der Waals surface area contributed by atoms with Crippen LogP contribution in [0.1, 0.15) is 33.9 Å². The zero-order valence-corrected chi connectivity index (χ0v) is 18.6. The number of nitrogens with zero attached hydrogens (tertiary/aromatic N) is 5. The lowest BCUT2D eigenvalue weighted by Gasteiger charge is -2.13. The minimum atomic E-state index is -4.54. The third kappa shape index (κ3) is 4.16. The molecule has 0 saturated carbocycles. The Labute approximate surface area is 197 Å². The van der Waals surface area contributed by atoms with Crippen molar-refractivity contribution >= 4 is 28.6 Å². The van der Waals surface area contributed by atoms with Crippen molar-refractivity contribution in [2.45, 2.75) is 25.6 Å². The van der Waals surface area contributed by atoms with Crippen LogP contribution < -0.4 is 16.4 Å². The molecule has 1 saturated heterocycles. The average molecular weight is 482 g/mol. The van der Waals surface area contributed by atoms with E-state index in [1.807, 2.05) is 4.68 Å². The summed E-state index contributed by atoms with van der Waals surface area (Å²) >= 11 is 0. The number of hydrogen-bond acceptors (Lipinski definition) is 7. The molecule has 0 aliphatic carbocycles. The highest BCUT2D eigenvalue weighted by molar-refractivity contribution is 6.05. The second kappa shape index (κ2) is 8.62. The molecule has 1 amide bonds. The first-order chi connectivity index (χ1) is 16.7. The number of amides is 1. The van der Waals surface area contributed by atoms with Crippen LogP contribution in [0.3, 0.4) is 0 Å². The molecule has 0 spiro atoms. The number of nitrogen functional groups attached to an aromatic ring is 1. The van der Waals surface area contributed by atoms with Gasteiger partial charge in [-0.1, -0.05) is 12.1 Å². The molecule has 12 heteroatoms. The van der Waals surface area contributed by atoms with Crippen molar-refractivity contribution in [3.8, 4) is 11.3 Å². The quantitative estimate of drug-likeness (QED) is 0.406. The minimum absolute atomic E-state index is 0.133. The van der Waals surface area contributed by atoms with Crippen molar-refractivity contribution < 1.29 is 18.0 Å². The number of pyridine rings is 1. The van der Waals surface area contributed by atoms with Crippen LogP contribution in [0.15, 0.2) is 42.9 Å². The lowest BCUT2D eigenvalue weighted by molar-refractivity contribution is -0.138. The average Bonchev–Trinajstić information content (AvgIpc) is 3.48. The Morgan fingerprint density at radius 3 is 2.63 bits per heavy atom. The molecule has 3 aromatic heterocycles. The number of halogens is 3. The van der Waals surface area contributed by atoms with Crippen LogP contribution in [-0.4, -0.2) is 43.7 Å². The summed E-state index contributed by atoms with van der Waals surface area (Å²) in [5.74, 6) is -0.425. The van der Waals surface area contributed by atoms with Crippen LogP contribution in [0.5, 0.6) is 0 Å². The second-order valence-corrected chi connectivity index (χ2v) is 8.26. The monoisotopic (exact) mass is 482 g/mol. The number of aromatic nitrogens is 5. The summed E-state index contributed by atoms with van der Waals surface area (Å²) < 4.78 is 41.3. The number of nitrogens with two attached hydrogens (primary N) is 1. The van der Waals surface area contributed by atoms with Crippen LogP contribution in [0.25, 0.3) is 22.3 Å². The standard InChI is InChI=1S/C23H21F3N8O/c1-12-16(23(24,25)26)7-9-29-20(12)32-22(35)14-4-2-13(3-5-14)18-17-19(27)30-11-31-21(17)34(33-18)15-6-8-28-10-15/h2-5,7,9,11,15,28H,6,8,10H2,1H3,(H2,27,30,31)(H,29,32,35)/t15-/m1/s1. The molecular weight excluding hydrogens is 461 g/mol. The summed E-state index contributed by atoms with van der Waals surface area (Å²) in [5, 5.41) is 11.2. The number of rotatable bonds is 4. The summed E-state index contributed by atoms with van der Waals surface area (Å²) in [5.41, 5.74) is 7.33. The highest BCUT2D eigenvalue weighted by Gasteiger charge is 2.33. The number of benzene rings is 1. The van der Waals surface area contributed by atoms with Gasteiger partial charge in [-0.25, -0.2) is 19.6 Å². The van der Waals surface area contributed by atoms with Crippen LogP contribution in [0.4, 0.5) is 24.8 Å². The summed E-state index contributed by atoms with van der Waals surface area (Å²) in [7, 11) is 0. The van der Waals surface area contributed by atoms with Crippen molar-refractivity contribution in [2.75, 3.05) is 24.1 Å². The van der Waals surface area contributed by atoms with Crippen molar-refractivity contribution in [1.29, 1.82) is 0 Å².